The van der Waals surface area contributed by atoms with Crippen LogP contribution in [0.25, 0.3) is 0 Å². The quantitative estimate of drug-likeness (QED) is 0.834. The van der Waals surface area contributed by atoms with Crippen LogP contribution in [0.1, 0.15) is 42.1 Å². The Balaban J connectivity index is 2.08. The predicted octanol–water partition coefficient (Wildman–Crippen LogP) is 4.79. The van der Waals surface area contributed by atoms with E-state index in [9.17, 15) is 5.11 Å². The first-order valence-electron chi connectivity index (χ1n) is 7.92. The summed E-state index contributed by atoms with van der Waals surface area (Å²) in [5, 5.41) is 15.2. The van der Waals surface area contributed by atoms with Crippen molar-refractivity contribution in [3.8, 4) is 0 Å². The third kappa shape index (κ3) is 3.14. The lowest BCUT2D eigenvalue weighted by Gasteiger charge is -2.38. The molecule has 0 aliphatic heterocycles. The molecule has 2 nitrogen and oxygen atoms in total. The van der Waals surface area contributed by atoms with Crippen LogP contribution in [0.15, 0.2) is 42.5 Å². The average Bonchev–Trinajstić information content (AvgIpc) is 2.57. The van der Waals surface area contributed by atoms with Crippen LogP contribution >= 0.6 is 23.2 Å². The molecule has 2 aromatic rings. The number of benzene rings is 2. The third-order valence-electron chi connectivity index (χ3n) is 5.05. The SMILES string of the molecule is CNC(C)C1C[C@@H](c2ccc(Cl)c(Cl)c2)c2ccccc2C1O. The van der Waals surface area contributed by atoms with Gasteiger partial charge < -0.3 is 10.4 Å². The summed E-state index contributed by atoms with van der Waals surface area (Å²) in [4.78, 5) is 0. The van der Waals surface area contributed by atoms with Gasteiger partial charge in [-0.25, -0.2) is 0 Å². The second-order valence-corrected chi connectivity index (χ2v) is 7.09. The summed E-state index contributed by atoms with van der Waals surface area (Å²) in [5.41, 5.74) is 3.34. The molecule has 0 bridgehead atoms. The first kappa shape index (κ1) is 16.8. The van der Waals surface area contributed by atoms with Crippen LogP contribution < -0.4 is 5.32 Å². The number of aliphatic hydroxyl groups excluding tert-OH is 1. The van der Waals surface area contributed by atoms with E-state index in [0.717, 1.165) is 17.5 Å². The lowest BCUT2D eigenvalue weighted by molar-refractivity contribution is 0.0710. The van der Waals surface area contributed by atoms with Gasteiger partial charge >= 0.3 is 0 Å². The van der Waals surface area contributed by atoms with E-state index in [2.05, 4.69) is 18.3 Å². The van der Waals surface area contributed by atoms with E-state index in [1.54, 1.807) is 0 Å². The molecule has 1 aliphatic carbocycles. The van der Waals surface area contributed by atoms with E-state index in [0.29, 0.717) is 10.0 Å². The molecule has 0 aromatic heterocycles. The Bertz CT molecular complexity index is 704. The smallest absolute Gasteiger partial charge is 0.0836 e. The summed E-state index contributed by atoms with van der Waals surface area (Å²) < 4.78 is 0. The topological polar surface area (TPSA) is 32.3 Å². The summed E-state index contributed by atoms with van der Waals surface area (Å²) in [6, 6.07) is 14.2. The number of hydrogen-bond acceptors (Lipinski definition) is 2. The third-order valence-corrected chi connectivity index (χ3v) is 5.79. The van der Waals surface area contributed by atoms with Crippen molar-refractivity contribution >= 4 is 23.2 Å². The van der Waals surface area contributed by atoms with E-state index in [4.69, 9.17) is 23.2 Å². The van der Waals surface area contributed by atoms with Crippen molar-refractivity contribution in [1.82, 2.24) is 5.32 Å². The molecule has 0 amide bonds. The minimum atomic E-state index is -0.451. The lowest BCUT2D eigenvalue weighted by Crippen LogP contribution is -2.38. The maximum absolute atomic E-state index is 10.8. The van der Waals surface area contributed by atoms with Crippen LogP contribution in [0.4, 0.5) is 0 Å². The highest BCUT2D eigenvalue weighted by Gasteiger charge is 2.36. The van der Waals surface area contributed by atoms with Crippen LogP contribution in [0.3, 0.4) is 0 Å². The molecule has 1 aliphatic rings. The maximum atomic E-state index is 10.8. The second-order valence-electron chi connectivity index (χ2n) is 6.28. The average molecular weight is 350 g/mol. The first-order valence-corrected chi connectivity index (χ1v) is 8.67. The van der Waals surface area contributed by atoms with Crippen molar-refractivity contribution in [3.63, 3.8) is 0 Å². The number of aliphatic hydroxyl groups is 1. The number of rotatable bonds is 3. The van der Waals surface area contributed by atoms with Gasteiger partial charge in [0.15, 0.2) is 0 Å². The molecule has 3 rings (SSSR count). The lowest BCUT2D eigenvalue weighted by atomic mass is 9.70. The van der Waals surface area contributed by atoms with Crippen molar-refractivity contribution < 1.29 is 5.11 Å². The molecule has 2 N–H and O–H groups in total. The predicted molar refractivity (Wildman–Crippen MR) is 96.3 cm³/mol. The van der Waals surface area contributed by atoms with E-state index in [-0.39, 0.29) is 17.9 Å². The molecule has 4 heteroatoms. The largest absolute Gasteiger partial charge is 0.388 e. The Morgan fingerprint density at radius 3 is 2.43 bits per heavy atom. The Kier molecular flexibility index (Phi) is 4.98. The van der Waals surface area contributed by atoms with Gasteiger partial charge in [0.05, 0.1) is 16.1 Å². The van der Waals surface area contributed by atoms with Gasteiger partial charge in [-0.3, -0.25) is 0 Å². The van der Waals surface area contributed by atoms with Crippen molar-refractivity contribution in [2.45, 2.75) is 31.4 Å². The van der Waals surface area contributed by atoms with Crippen LogP contribution in [-0.4, -0.2) is 18.2 Å². The van der Waals surface area contributed by atoms with E-state index < -0.39 is 6.10 Å². The number of fused-ring (bicyclic) bond motifs is 1. The maximum Gasteiger partial charge on any atom is 0.0836 e. The fourth-order valence-corrected chi connectivity index (χ4v) is 3.90. The van der Waals surface area contributed by atoms with Gasteiger partial charge in [0, 0.05) is 17.9 Å². The van der Waals surface area contributed by atoms with E-state index >= 15 is 0 Å². The first-order chi connectivity index (χ1) is 11.0. The Hall–Kier alpha value is -1.06. The highest BCUT2D eigenvalue weighted by Crippen LogP contribution is 2.46. The van der Waals surface area contributed by atoms with Crippen LogP contribution in [-0.2, 0) is 0 Å². The Morgan fingerprint density at radius 1 is 1.09 bits per heavy atom. The normalized spacial score (nSPS) is 25.0. The van der Waals surface area contributed by atoms with Gasteiger partial charge in [-0.1, -0.05) is 53.5 Å². The second kappa shape index (κ2) is 6.82. The molecule has 4 atom stereocenters. The molecular formula is C19H21Cl2NO. The molecule has 0 radical (unpaired) electrons. The fourth-order valence-electron chi connectivity index (χ4n) is 3.59. The highest BCUT2D eigenvalue weighted by molar-refractivity contribution is 6.42. The zero-order valence-corrected chi connectivity index (χ0v) is 14.8. The number of nitrogens with one attached hydrogen (secondary N) is 1. The monoisotopic (exact) mass is 349 g/mol. The van der Waals surface area contributed by atoms with Crippen LogP contribution in [0.5, 0.6) is 0 Å². The summed E-state index contributed by atoms with van der Waals surface area (Å²) in [6.45, 7) is 2.12. The van der Waals surface area contributed by atoms with Gasteiger partial charge in [0.1, 0.15) is 0 Å². The van der Waals surface area contributed by atoms with Crippen molar-refractivity contribution in [2.75, 3.05) is 7.05 Å². The Morgan fingerprint density at radius 2 is 1.78 bits per heavy atom. The van der Waals surface area contributed by atoms with Gasteiger partial charge in [0.25, 0.3) is 0 Å². The number of halogens is 2. The van der Waals surface area contributed by atoms with Crippen LogP contribution in [0.2, 0.25) is 10.0 Å². The summed E-state index contributed by atoms with van der Waals surface area (Å²) in [7, 11) is 1.94. The standard InChI is InChI=1S/C19H21Cl2NO/c1-11(22-2)15-10-16(12-7-8-17(20)18(21)9-12)13-5-3-4-6-14(13)19(15)23/h3-9,11,15-16,19,22-23H,10H2,1-2H3/t11?,15?,16-,19?/m0/s1. The molecule has 3 unspecified atom stereocenters. The van der Waals surface area contributed by atoms with Crippen molar-refractivity contribution in [2.24, 2.45) is 5.92 Å². The van der Waals surface area contributed by atoms with Gasteiger partial charge in [0.2, 0.25) is 0 Å². The molecule has 23 heavy (non-hydrogen) atoms. The van der Waals surface area contributed by atoms with Gasteiger partial charge in [-0.2, -0.15) is 0 Å². The fraction of sp³-hybridized carbons (Fsp3) is 0.368. The van der Waals surface area contributed by atoms with E-state index in [1.807, 2.05) is 43.4 Å². The highest BCUT2D eigenvalue weighted by atomic mass is 35.5. The summed E-state index contributed by atoms with van der Waals surface area (Å²) in [5.74, 6) is 0.361. The molecular weight excluding hydrogens is 329 g/mol. The molecule has 0 spiro atoms. The molecule has 0 fully saturated rings. The summed E-state index contributed by atoms with van der Waals surface area (Å²) in [6.07, 6.45) is 0.422. The van der Waals surface area contributed by atoms with Crippen molar-refractivity contribution in [1.29, 1.82) is 0 Å². The molecule has 0 saturated heterocycles. The van der Waals surface area contributed by atoms with E-state index in [1.165, 1.54) is 5.56 Å². The zero-order chi connectivity index (χ0) is 16.6. The summed E-state index contributed by atoms with van der Waals surface area (Å²) >= 11 is 12.3. The minimum Gasteiger partial charge on any atom is -0.388 e. The Labute approximate surface area is 147 Å². The van der Waals surface area contributed by atoms with Crippen LogP contribution in [0, 0.1) is 5.92 Å². The van der Waals surface area contributed by atoms with Crippen molar-refractivity contribution in [3.05, 3.63) is 69.2 Å². The molecule has 0 heterocycles. The molecule has 122 valence electrons. The molecule has 2 aromatic carbocycles. The molecule has 0 saturated carbocycles. The number of hydrogen-bond donors (Lipinski definition) is 2. The zero-order valence-electron chi connectivity index (χ0n) is 13.3. The van der Waals surface area contributed by atoms with Gasteiger partial charge in [-0.05, 0) is 49.2 Å². The van der Waals surface area contributed by atoms with Gasteiger partial charge in [-0.15, -0.1) is 0 Å². The minimum absolute atomic E-state index is 0.148.